The topological polar surface area (TPSA) is 88.5 Å². The third kappa shape index (κ3) is 4.35. The second kappa shape index (κ2) is 7.79. The number of carbonyl (C=O) groups is 2. The maximum atomic E-state index is 12.3. The summed E-state index contributed by atoms with van der Waals surface area (Å²) in [7, 11) is 0. The van der Waals surface area contributed by atoms with Gasteiger partial charge in [-0.25, -0.2) is 9.78 Å². The smallest absolute Gasteiger partial charge is 0.354 e. The number of carboxylic acids is 1. The van der Waals surface area contributed by atoms with Crippen molar-refractivity contribution in [3.63, 3.8) is 0 Å². The Morgan fingerprint density at radius 1 is 1.20 bits per heavy atom. The molecule has 2 N–H and O–H groups in total. The van der Waals surface area contributed by atoms with Gasteiger partial charge in [0.2, 0.25) is 0 Å². The largest absolute Gasteiger partial charge is 0.490 e. The molecule has 1 aliphatic rings. The fraction of sp³-hybridized carbons (Fsp3) is 0.316. The van der Waals surface area contributed by atoms with E-state index in [2.05, 4.69) is 10.3 Å². The molecule has 0 spiro atoms. The monoisotopic (exact) mass is 340 g/mol. The number of nitrogens with zero attached hydrogens (tertiary/aromatic N) is 1. The number of rotatable bonds is 6. The Balaban J connectivity index is 1.66. The molecule has 1 aromatic carbocycles. The van der Waals surface area contributed by atoms with Crippen LogP contribution in [-0.4, -0.2) is 28.1 Å². The van der Waals surface area contributed by atoms with Crippen molar-refractivity contribution in [2.75, 3.05) is 0 Å². The third-order valence-corrected chi connectivity index (χ3v) is 4.25. The van der Waals surface area contributed by atoms with Crippen molar-refractivity contribution in [3.05, 3.63) is 59.4 Å². The van der Waals surface area contributed by atoms with Gasteiger partial charge in [-0.05, 0) is 43.9 Å². The molecule has 0 saturated heterocycles. The summed E-state index contributed by atoms with van der Waals surface area (Å²) in [4.78, 5) is 26.9. The van der Waals surface area contributed by atoms with Crippen molar-refractivity contribution in [1.29, 1.82) is 0 Å². The number of amides is 1. The second-order valence-electron chi connectivity index (χ2n) is 6.05. The normalized spacial score (nSPS) is 14.2. The number of para-hydroxylation sites is 1. The van der Waals surface area contributed by atoms with Crippen LogP contribution in [0.5, 0.6) is 5.75 Å². The molecule has 0 radical (unpaired) electrons. The Morgan fingerprint density at radius 3 is 2.72 bits per heavy atom. The molecule has 1 heterocycles. The second-order valence-corrected chi connectivity index (χ2v) is 6.05. The van der Waals surface area contributed by atoms with Crippen LogP contribution in [0.25, 0.3) is 0 Å². The molecule has 0 aliphatic heterocycles. The summed E-state index contributed by atoms with van der Waals surface area (Å²) in [5, 5.41) is 11.8. The number of carboxylic acid groups (broad SMARTS) is 1. The van der Waals surface area contributed by atoms with Crippen LogP contribution in [0.4, 0.5) is 0 Å². The van der Waals surface area contributed by atoms with E-state index < -0.39 is 5.97 Å². The van der Waals surface area contributed by atoms with Gasteiger partial charge in [0.15, 0.2) is 0 Å². The lowest BCUT2D eigenvalue weighted by Crippen LogP contribution is -2.24. The first-order valence-electron chi connectivity index (χ1n) is 8.35. The zero-order valence-electron chi connectivity index (χ0n) is 13.8. The van der Waals surface area contributed by atoms with Gasteiger partial charge >= 0.3 is 5.97 Å². The van der Waals surface area contributed by atoms with Gasteiger partial charge in [0, 0.05) is 23.9 Å². The highest BCUT2D eigenvalue weighted by atomic mass is 16.5. The van der Waals surface area contributed by atoms with Crippen LogP contribution in [0.1, 0.15) is 52.1 Å². The SMILES string of the molecule is O=C(NCc1ccccc1OC1CCCC1)c1ccnc(C(=O)O)c1. The lowest BCUT2D eigenvalue weighted by Gasteiger charge is -2.16. The van der Waals surface area contributed by atoms with E-state index in [1.54, 1.807) is 0 Å². The summed E-state index contributed by atoms with van der Waals surface area (Å²) in [5.74, 6) is -0.721. The van der Waals surface area contributed by atoms with Gasteiger partial charge in [-0.3, -0.25) is 4.79 Å². The fourth-order valence-corrected chi connectivity index (χ4v) is 2.92. The van der Waals surface area contributed by atoms with Crippen molar-refractivity contribution in [2.45, 2.75) is 38.3 Å². The van der Waals surface area contributed by atoms with Crippen LogP contribution in [0.2, 0.25) is 0 Å². The molecule has 1 aliphatic carbocycles. The molecule has 25 heavy (non-hydrogen) atoms. The Hall–Kier alpha value is -2.89. The molecule has 0 unspecified atom stereocenters. The Kier molecular flexibility index (Phi) is 5.28. The minimum Gasteiger partial charge on any atom is -0.490 e. The summed E-state index contributed by atoms with van der Waals surface area (Å²) in [6, 6.07) is 10.4. The van der Waals surface area contributed by atoms with Gasteiger partial charge in [0.1, 0.15) is 11.4 Å². The molecule has 6 nitrogen and oxygen atoms in total. The summed E-state index contributed by atoms with van der Waals surface area (Å²) in [5.41, 5.74) is 1.01. The van der Waals surface area contributed by atoms with E-state index >= 15 is 0 Å². The zero-order chi connectivity index (χ0) is 17.6. The number of nitrogens with one attached hydrogen (secondary N) is 1. The quantitative estimate of drug-likeness (QED) is 0.844. The molecule has 1 amide bonds. The first kappa shape index (κ1) is 17.0. The van der Waals surface area contributed by atoms with Crippen molar-refractivity contribution in [3.8, 4) is 5.75 Å². The van der Waals surface area contributed by atoms with Crippen LogP contribution in [0.15, 0.2) is 42.6 Å². The standard InChI is InChI=1S/C19H20N2O4/c22-18(13-9-10-20-16(11-13)19(23)24)21-12-14-5-1-4-8-17(14)25-15-6-2-3-7-15/h1,4-5,8-11,15H,2-3,6-7,12H2,(H,21,22)(H,23,24). The Labute approximate surface area is 145 Å². The third-order valence-electron chi connectivity index (χ3n) is 4.25. The minimum atomic E-state index is -1.16. The van der Waals surface area contributed by atoms with Gasteiger partial charge in [0.05, 0.1) is 6.10 Å². The molecular formula is C19H20N2O4. The average molecular weight is 340 g/mol. The number of pyridine rings is 1. The summed E-state index contributed by atoms with van der Waals surface area (Å²) in [6.45, 7) is 0.312. The molecule has 1 aromatic heterocycles. The summed E-state index contributed by atoms with van der Waals surface area (Å²) >= 11 is 0. The molecule has 1 saturated carbocycles. The molecule has 3 rings (SSSR count). The van der Waals surface area contributed by atoms with Gasteiger partial charge in [-0.1, -0.05) is 18.2 Å². The lowest BCUT2D eigenvalue weighted by molar-refractivity contribution is 0.0690. The van der Waals surface area contributed by atoms with Crippen LogP contribution in [0, 0.1) is 0 Å². The van der Waals surface area contributed by atoms with Crippen molar-refractivity contribution in [2.24, 2.45) is 0 Å². The van der Waals surface area contributed by atoms with Crippen LogP contribution < -0.4 is 10.1 Å². The minimum absolute atomic E-state index is 0.155. The first-order chi connectivity index (χ1) is 12.1. The number of aromatic nitrogens is 1. The van der Waals surface area contributed by atoms with Gasteiger partial charge < -0.3 is 15.2 Å². The molecule has 0 atom stereocenters. The predicted molar refractivity (Wildman–Crippen MR) is 91.7 cm³/mol. The van der Waals surface area contributed by atoms with E-state index in [0.717, 1.165) is 24.2 Å². The average Bonchev–Trinajstić information content (AvgIpc) is 3.14. The maximum absolute atomic E-state index is 12.3. The van der Waals surface area contributed by atoms with Crippen molar-refractivity contribution >= 4 is 11.9 Å². The number of aromatic carboxylic acids is 1. The van der Waals surface area contributed by atoms with Gasteiger partial charge in [0.25, 0.3) is 5.91 Å². The van der Waals surface area contributed by atoms with Crippen molar-refractivity contribution in [1.82, 2.24) is 10.3 Å². The van der Waals surface area contributed by atoms with Crippen LogP contribution in [-0.2, 0) is 6.54 Å². The molecule has 130 valence electrons. The molecule has 1 fully saturated rings. The number of carbonyl (C=O) groups excluding carboxylic acids is 1. The number of hydrogen-bond acceptors (Lipinski definition) is 4. The van der Waals surface area contributed by atoms with E-state index in [1.807, 2.05) is 24.3 Å². The molecule has 2 aromatic rings. The van der Waals surface area contributed by atoms with Gasteiger partial charge in [-0.15, -0.1) is 0 Å². The highest BCUT2D eigenvalue weighted by molar-refractivity contribution is 5.96. The van der Waals surface area contributed by atoms with E-state index in [-0.39, 0.29) is 23.3 Å². The number of ether oxygens (including phenoxy) is 1. The van der Waals surface area contributed by atoms with E-state index in [1.165, 1.54) is 31.2 Å². The Morgan fingerprint density at radius 2 is 1.96 bits per heavy atom. The molecule has 0 bridgehead atoms. The van der Waals surface area contributed by atoms with E-state index in [9.17, 15) is 9.59 Å². The van der Waals surface area contributed by atoms with E-state index in [0.29, 0.717) is 6.54 Å². The highest BCUT2D eigenvalue weighted by Gasteiger charge is 2.18. The van der Waals surface area contributed by atoms with Gasteiger partial charge in [-0.2, -0.15) is 0 Å². The lowest BCUT2D eigenvalue weighted by atomic mass is 10.1. The van der Waals surface area contributed by atoms with Crippen molar-refractivity contribution < 1.29 is 19.4 Å². The molecule has 6 heteroatoms. The van der Waals surface area contributed by atoms with Crippen LogP contribution >= 0.6 is 0 Å². The number of benzene rings is 1. The number of hydrogen-bond donors (Lipinski definition) is 2. The first-order valence-corrected chi connectivity index (χ1v) is 8.35. The van der Waals surface area contributed by atoms with E-state index in [4.69, 9.17) is 9.84 Å². The fourth-order valence-electron chi connectivity index (χ4n) is 2.92. The molecular weight excluding hydrogens is 320 g/mol. The maximum Gasteiger partial charge on any atom is 0.354 e. The Bertz CT molecular complexity index is 770. The summed E-state index contributed by atoms with van der Waals surface area (Å²) in [6.07, 6.45) is 6.07. The van der Waals surface area contributed by atoms with Crippen LogP contribution in [0.3, 0.4) is 0 Å². The summed E-state index contributed by atoms with van der Waals surface area (Å²) < 4.78 is 6.06. The zero-order valence-corrected chi connectivity index (χ0v) is 13.8. The highest BCUT2D eigenvalue weighted by Crippen LogP contribution is 2.26. The predicted octanol–water partition coefficient (Wildman–Crippen LogP) is 3.03.